The topological polar surface area (TPSA) is 215 Å². The Morgan fingerprint density at radius 2 is 1.35 bits per heavy atom. The van der Waals surface area contributed by atoms with Crippen LogP contribution >= 0.6 is 0 Å². The van der Waals surface area contributed by atoms with Crippen LogP contribution in [-0.4, -0.2) is 58.7 Å². The third kappa shape index (κ3) is 8.40. The van der Waals surface area contributed by atoms with Gasteiger partial charge >= 0.3 is 0 Å². The molecule has 40 heavy (non-hydrogen) atoms. The van der Waals surface area contributed by atoms with Gasteiger partial charge in [-0.05, 0) is 30.5 Å². The Labute approximate surface area is 231 Å². The first-order valence-electron chi connectivity index (χ1n) is 12.9. The summed E-state index contributed by atoms with van der Waals surface area (Å²) in [5.41, 5.74) is 18.7. The van der Waals surface area contributed by atoms with Crippen molar-refractivity contribution in [2.24, 2.45) is 17.2 Å². The van der Waals surface area contributed by atoms with Gasteiger partial charge in [0.25, 0.3) is 0 Å². The summed E-state index contributed by atoms with van der Waals surface area (Å²) in [5.74, 6) is -3.35. The fourth-order valence-corrected chi connectivity index (χ4v) is 4.21. The number of nitrogens with two attached hydrogens (primary N) is 3. The van der Waals surface area contributed by atoms with E-state index in [1.807, 2.05) is 42.5 Å². The SMILES string of the molecule is C[C@H](N)C(=O)N[C@@H](Cc1ccccc1)C(=O)N[C@@H](Cc1c[nH]c2ccccc12)C(=O)N[C@@H](CCC(N)=O)C(N)=O. The van der Waals surface area contributed by atoms with Crippen LogP contribution < -0.4 is 33.2 Å². The molecule has 0 saturated heterocycles. The first-order valence-corrected chi connectivity index (χ1v) is 12.9. The van der Waals surface area contributed by atoms with Crippen molar-refractivity contribution in [1.29, 1.82) is 0 Å². The first-order chi connectivity index (χ1) is 19.0. The number of para-hydroxylation sites is 1. The minimum absolute atomic E-state index is 0.0577. The number of hydrogen-bond acceptors (Lipinski definition) is 6. The average Bonchev–Trinajstić information content (AvgIpc) is 3.33. The monoisotopic (exact) mass is 549 g/mol. The van der Waals surface area contributed by atoms with Crippen molar-refractivity contribution >= 4 is 40.4 Å². The van der Waals surface area contributed by atoms with Gasteiger partial charge in [0.1, 0.15) is 18.1 Å². The largest absolute Gasteiger partial charge is 0.370 e. The summed E-state index contributed by atoms with van der Waals surface area (Å²) in [6.07, 6.45) is 1.67. The van der Waals surface area contributed by atoms with Gasteiger partial charge < -0.3 is 38.1 Å². The molecule has 12 heteroatoms. The minimum atomic E-state index is -1.18. The quantitative estimate of drug-likeness (QED) is 0.141. The summed E-state index contributed by atoms with van der Waals surface area (Å²) in [6.45, 7) is 1.50. The third-order valence-corrected chi connectivity index (χ3v) is 6.40. The van der Waals surface area contributed by atoms with Gasteiger partial charge in [0.15, 0.2) is 0 Å². The molecule has 0 saturated carbocycles. The number of amides is 5. The van der Waals surface area contributed by atoms with Crippen LogP contribution in [0, 0.1) is 0 Å². The van der Waals surface area contributed by atoms with Crippen LogP contribution in [0.4, 0.5) is 0 Å². The molecule has 12 nitrogen and oxygen atoms in total. The highest BCUT2D eigenvalue weighted by molar-refractivity contribution is 5.95. The number of benzene rings is 2. The molecule has 2 aromatic carbocycles. The Morgan fingerprint density at radius 1 is 0.775 bits per heavy atom. The maximum Gasteiger partial charge on any atom is 0.243 e. The number of primary amides is 2. The van der Waals surface area contributed by atoms with Gasteiger partial charge in [0, 0.05) is 36.4 Å². The number of nitrogens with one attached hydrogen (secondary N) is 4. The lowest BCUT2D eigenvalue weighted by molar-refractivity contribution is -0.133. The molecular weight excluding hydrogens is 514 g/mol. The van der Waals surface area contributed by atoms with E-state index >= 15 is 0 Å². The highest BCUT2D eigenvalue weighted by Gasteiger charge is 2.30. The fourth-order valence-electron chi connectivity index (χ4n) is 4.21. The van der Waals surface area contributed by atoms with E-state index in [2.05, 4.69) is 20.9 Å². The van der Waals surface area contributed by atoms with Crippen LogP contribution in [0.3, 0.4) is 0 Å². The van der Waals surface area contributed by atoms with Crippen molar-refractivity contribution in [1.82, 2.24) is 20.9 Å². The van der Waals surface area contributed by atoms with Crippen LogP contribution in [0.2, 0.25) is 0 Å². The Hall–Kier alpha value is -4.71. The van der Waals surface area contributed by atoms with Gasteiger partial charge in [0.05, 0.1) is 6.04 Å². The van der Waals surface area contributed by atoms with Crippen molar-refractivity contribution in [3.05, 3.63) is 71.9 Å². The van der Waals surface area contributed by atoms with Crippen LogP contribution in [0.25, 0.3) is 10.9 Å². The summed E-state index contributed by atoms with van der Waals surface area (Å²) in [5, 5.41) is 8.76. The number of H-pyrrole nitrogens is 1. The van der Waals surface area contributed by atoms with Gasteiger partial charge in [-0.3, -0.25) is 24.0 Å². The van der Waals surface area contributed by atoms with Crippen molar-refractivity contribution in [3.63, 3.8) is 0 Å². The van der Waals surface area contributed by atoms with Crippen molar-refractivity contribution in [2.75, 3.05) is 0 Å². The predicted molar refractivity (Wildman–Crippen MR) is 149 cm³/mol. The zero-order valence-electron chi connectivity index (χ0n) is 22.2. The molecule has 0 spiro atoms. The van der Waals surface area contributed by atoms with E-state index in [9.17, 15) is 24.0 Å². The zero-order valence-corrected chi connectivity index (χ0v) is 22.2. The van der Waals surface area contributed by atoms with E-state index in [1.54, 1.807) is 18.3 Å². The molecule has 1 heterocycles. The molecule has 3 aromatic rings. The third-order valence-electron chi connectivity index (χ3n) is 6.40. The lowest BCUT2D eigenvalue weighted by atomic mass is 10.0. The van der Waals surface area contributed by atoms with Crippen molar-refractivity contribution < 1.29 is 24.0 Å². The number of rotatable bonds is 14. The van der Waals surface area contributed by atoms with Crippen LogP contribution in [0.15, 0.2) is 60.8 Å². The van der Waals surface area contributed by atoms with Gasteiger partial charge in [-0.25, -0.2) is 0 Å². The maximum atomic E-state index is 13.5. The fraction of sp³-hybridized carbons (Fsp3) is 0.321. The molecule has 5 amide bonds. The van der Waals surface area contributed by atoms with Crippen LogP contribution in [-0.2, 0) is 36.8 Å². The number of aromatic nitrogens is 1. The number of carbonyl (C=O) groups excluding carboxylic acids is 5. The van der Waals surface area contributed by atoms with Gasteiger partial charge in [-0.1, -0.05) is 48.5 Å². The molecule has 1 aromatic heterocycles. The summed E-state index contributed by atoms with van der Waals surface area (Å²) in [4.78, 5) is 65.8. The summed E-state index contributed by atoms with van der Waals surface area (Å²) < 4.78 is 0. The molecule has 3 rings (SSSR count). The second kappa shape index (κ2) is 13.9. The standard InChI is InChI=1S/C28H35N7O5/c1-16(29)26(38)34-22(13-17-7-3-2-4-8-17)27(39)35-23(14-18-15-32-20-10-6-5-9-19(18)20)28(40)33-21(25(31)37)11-12-24(30)36/h2-10,15-16,21-23,32H,11-14,29H2,1H3,(H2,30,36)(H2,31,37)(H,33,40)(H,34,38)(H,35,39)/t16-,21-,22-,23-/m0/s1. The lowest BCUT2D eigenvalue weighted by Crippen LogP contribution is -2.58. The minimum Gasteiger partial charge on any atom is -0.370 e. The van der Waals surface area contributed by atoms with Crippen molar-refractivity contribution in [2.45, 2.75) is 56.8 Å². The zero-order chi connectivity index (χ0) is 29.2. The van der Waals surface area contributed by atoms with E-state index in [1.165, 1.54) is 6.92 Å². The van der Waals surface area contributed by atoms with E-state index in [0.717, 1.165) is 22.0 Å². The summed E-state index contributed by atoms with van der Waals surface area (Å²) in [6, 6.07) is 12.3. The maximum absolute atomic E-state index is 13.5. The Kier molecular flexibility index (Phi) is 10.4. The van der Waals surface area contributed by atoms with E-state index in [-0.39, 0.29) is 25.7 Å². The molecule has 0 aliphatic heterocycles. The second-order valence-electron chi connectivity index (χ2n) is 9.63. The van der Waals surface area contributed by atoms with E-state index in [4.69, 9.17) is 17.2 Å². The Bertz CT molecular complexity index is 1360. The number of aromatic amines is 1. The normalized spacial score (nSPS) is 13.9. The molecule has 0 bridgehead atoms. The second-order valence-corrected chi connectivity index (χ2v) is 9.63. The van der Waals surface area contributed by atoms with Gasteiger partial charge in [-0.15, -0.1) is 0 Å². The molecular formula is C28H35N7O5. The number of carbonyl (C=O) groups is 5. The smallest absolute Gasteiger partial charge is 0.243 e. The van der Waals surface area contributed by atoms with Gasteiger partial charge in [-0.2, -0.15) is 0 Å². The van der Waals surface area contributed by atoms with E-state index < -0.39 is 53.7 Å². The van der Waals surface area contributed by atoms with E-state index in [0.29, 0.717) is 0 Å². The van der Waals surface area contributed by atoms with Gasteiger partial charge in [0.2, 0.25) is 29.5 Å². The molecule has 0 aliphatic rings. The highest BCUT2D eigenvalue weighted by Crippen LogP contribution is 2.19. The molecule has 0 aliphatic carbocycles. The molecule has 10 N–H and O–H groups in total. The number of fused-ring (bicyclic) bond motifs is 1. The Balaban J connectivity index is 1.88. The molecule has 0 fully saturated rings. The summed E-state index contributed by atoms with van der Waals surface area (Å²) in [7, 11) is 0. The average molecular weight is 550 g/mol. The first kappa shape index (κ1) is 29.8. The predicted octanol–water partition coefficient (Wildman–Crippen LogP) is -0.494. The van der Waals surface area contributed by atoms with Crippen molar-refractivity contribution in [3.8, 4) is 0 Å². The highest BCUT2D eigenvalue weighted by atomic mass is 16.2. The van der Waals surface area contributed by atoms with Crippen LogP contribution in [0.5, 0.6) is 0 Å². The summed E-state index contributed by atoms with van der Waals surface area (Å²) >= 11 is 0. The molecule has 4 atom stereocenters. The molecule has 212 valence electrons. The molecule has 0 radical (unpaired) electrons. The number of hydrogen-bond donors (Lipinski definition) is 7. The van der Waals surface area contributed by atoms with Crippen LogP contribution in [0.1, 0.15) is 30.9 Å². The molecule has 0 unspecified atom stereocenters. The Morgan fingerprint density at radius 3 is 1.98 bits per heavy atom. The lowest BCUT2D eigenvalue weighted by Gasteiger charge is -2.25.